The van der Waals surface area contributed by atoms with Crippen molar-refractivity contribution in [1.29, 1.82) is 0 Å². The van der Waals surface area contributed by atoms with E-state index < -0.39 is 10.0 Å². The normalized spacial score (nSPS) is 11.8. The van der Waals surface area contributed by atoms with Crippen LogP contribution in [0.1, 0.15) is 0 Å². The Morgan fingerprint density at radius 2 is 1.67 bits per heavy atom. The zero-order valence-electron chi connectivity index (χ0n) is 13.3. The van der Waals surface area contributed by atoms with Gasteiger partial charge in [-0.3, -0.25) is 4.79 Å². The first-order chi connectivity index (χ1) is 11.4. The number of hydrogen-bond acceptors (Lipinski definition) is 4. The van der Waals surface area contributed by atoms with E-state index in [1.807, 2.05) is 24.3 Å². The highest BCUT2D eigenvalue weighted by Crippen LogP contribution is 2.20. The van der Waals surface area contributed by atoms with Crippen LogP contribution in [0.4, 0.5) is 11.4 Å². The largest absolute Gasteiger partial charge is 0.351 e. The summed E-state index contributed by atoms with van der Waals surface area (Å²) in [4.78, 5) is 15.1. The lowest BCUT2D eigenvalue weighted by atomic mass is 10.2. The zero-order chi connectivity index (χ0) is 17.3. The fourth-order valence-corrected chi connectivity index (χ4v) is 3.22. The molecule has 3 rings (SSSR count). The summed E-state index contributed by atoms with van der Waals surface area (Å²) >= 11 is 0. The molecular formula is C17H17N3O3S. The van der Waals surface area contributed by atoms with Crippen LogP contribution in [-0.4, -0.2) is 31.8 Å². The van der Waals surface area contributed by atoms with Crippen molar-refractivity contribution >= 4 is 32.3 Å². The third-order valence-electron chi connectivity index (χ3n) is 3.67. The lowest BCUT2D eigenvalue weighted by Gasteiger charge is -2.12. The molecular weight excluding hydrogens is 326 g/mol. The molecule has 0 radical (unpaired) electrons. The Hall–Kier alpha value is -2.64. The van der Waals surface area contributed by atoms with Crippen LogP contribution in [0.5, 0.6) is 0 Å². The van der Waals surface area contributed by atoms with Crippen molar-refractivity contribution in [3.63, 3.8) is 0 Å². The molecule has 0 atom stereocenters. The minimum atomic E-state index is -3.47. The van der Waals surface area contributed by atoms with Crippen molar-refractivity contribution in [2.75, 3.05) is 19.4 Å². The average molecular weight is 343 g/mol. The number of aromatic amines is 1. The van der Waals surface area contributed by atoms with E-state index in [-0.39, 0.29) is 10.5 Å². The predicted molar refractivity (Wildman–Crippen MR) is 95.2 cm³/mol. The SMILES string of the molecule is CN(C)S(=O)(=O)c1ccc(Nc2cc3ccccc3[nH]c2=O)cc1. The average Bonchev–Trinajstić information content (AvgIpc) is 2.56. The van der Waals surface area contributed by atoms with Crippen LogP contribution in [0.15, 0.2) is 64.3 Å². The Labute approximate surface area is 139 Å². The molecule has 0 saturated heterocycles. The van der Waals surface area contributed by atoms with E-state index >= 15 is 0 Å². The van der Waals surface area contributed by atoms with E-state index in [1.165, 1.54) is 26.2 Å². The molecule has 124 valence electrons. The third kappa shape index (κ3) is 3.04. The lowest BCUT2D eigenvalue weighted by molar-refractivity contribution is 0.521. The number of aromatic nitrogens is 1. The Bertz CT molecular complexity index is 1040. The zero-order valence-corrected chi connectivity index (χ0v) is 14.1. The monoisotopic (exact) mass is 343 g/mol. The molecule has 0 amide bonds. The fourth-order valence-electron chi connectivity index (χ4n) is 2.32. The van der Waals surface area contributed by atoms with Crippen molar-refractivity contribution < 1.29 is 8.42 Å². The van der Waals surface area contributed by atoms with E-state index in [2.05, 4.69) is 10.3 Å². The van der Waals surface area contributed by atoms with Gasteiger partial charge in [0.2, 0.25) is 10.0 Å². The van der Waals surface area contributed by atoms with Crippen LogP contribution >= 0.6 is 0 Å². The second kappa shape index (κ2) is 6.10. The first-order valence-electron chi connectivity index (χ1n) is 7.29. The minimum Gasteiger partial charge on any atom is -0.351 e. The van der Waals surface area contributed by atoms with Gasteiger partial charge in [0, 0.05) is 30.7 Å². The molecule has 2 aromatic carbocycles. The Balaban J connectivity index is 1.92. The maximum absolute atomic E-state index is 12.1. The van der Waals surface area contributed by atoms with Crippen LogP contribution in [0.3, 0.4) is 0 Å². The second-order valence-corrected chi connectivity index (χ2v) is 7.69. The number of para-hydroxylation sites is 1. The minimum absolute atomic E-state index is 0.200. The van der Waals surface area contributed by atoms with Crippen molar-refractivity contribution in [2.24, 2.45) is 0 Å². The van der Waals surface area contributed by atoms with Gasteiger partial charge >= 0.3 is 0 Å². The maximum atomic E-state index is 12.1. The van der Waals surface area contributed by atoms with Gasteiger partial charge in [0.1, 0.15) is 5.69 Å². The van der Waals surface area contributed by atoms with Crippen molar-refractivity contribution in [3.05, 3.63) is 65.0 Å². The quantitative estimate of drug-likeness (QED) is 0.763. The summed E-state index contributed by atoms with van der Waals surface area (Å²) in [5.41, 5.74) is 1.56. The summed E-state index contributed by atoms with van der Waals surface area (Å²) < 4.78 is 25.3. The van der Waals surface area contributed by atoms with Crippen LogP contribution in [0.2, 0.25) is 0 Å². The molecule has 0 fully saturated rings. The summed E-state index contributed by atoms with van der Waals surface area (Å²) in [6, 6.07) is 15.5. The number of anilines is 2. The van der Waals surface area contributed by atoms with Gasteiger partial charge in [0.15, 0.2) is 0 Å². The second-order valence-electron chi connectivity index (χ2n) is 5.54. The van der Waals surface area contributed by atoms with Crippen molar-refractivity contribution in [1.82, 2.24) is 9.29 Å². The van der Waals surface area contributed by atoms with Gasteiger partial charge in [-0.25, -0.2) is 12.7 Å². The molecule has 0 aliphatic heterocycles. The lowest BCUT2D eigenvalue weighted by Crippen LogP contribution is -2.22. The molecule has 0 aliphatic rings. The van der Waals surface area contributed by atoms with Gasteiger partial charge in [-0.1, -0.05) is 18.2 Å². The topological polar surface area (TPSA) is 82.3 Å². The molecule has 0 spiro atoms. The van der Waals surface area contributed by atoms with E-state index in [9.17, 15) is 13.2 Å². The first-order valence-corrected chi connectivity index (χ1v) is 8.73. The molecule has 2 N–H and O–H groups in total. The molecule has 3 aromatic rings. The molecule has 24 heavy (non-hydrogen) atoms. The summed E-state index contributed by atoms with van der Waals surface area (Å²) in [5.74, 6) is 0. The van der Waals surface area contributed by atoms with Gasteiger partial charge in [-0.15, -0.1) is 0 Å². The molecule has 7 heteroatoms. The van der Waals surface area contributed by atoms with Crippen LogP contribution in [0.25, 0.3) is 10.9 Å². The Kier molecular flexibility index (Phi) is 4.13. The number of benzene rings is 2. The first kappa shape index (κ1) is 16.2. The number of nitrogens with zero attached hydrogens (tertiary/aromatic N) is 1. The maximum Gasteiger partial charge on any atom is 0.272 e. The van der Waals surface area contributed by atoms with E-state index in [1.54, 1.807) is 18.2 Å². The van der Waals surface area contributed by atoms with E-state index in [4.69, 9.17) is 0 Å². The van der Waals surface area contributed by atoms with Gasteiger partial charge < -0.3 is 10.3 Å². The number of pyridine rings is 1. The molecule has 0 unspecified atom stereocenters. The number of hydrogen-bond donors (Lipinski definition) is 2. The van der Waals surface area contributed by atoms with Crippen LogP contribution in [-0.2, 0) is 10.0 Å². The summed E-state index contributed by atoms with van der Waals surface area (Å²) in [6.07, 6.45) is 0. The number of fused-ring (bicyclic) bond motifs is 1. The van der Waals surface area contributed by atoms with Gasteiger partial charge in [-0.05, 0) is 36.4 Å². The molecule has 0 saturated carbocycles. The third-order valence-corrected chi connectivity index (χ3v) is 5.49. The summed E-state index contributed by atoms with van der Waals surface area (Å²) in [7, 11) is -0.501. The van der Waals surface area contributed by atoms with E-state index in [0.717, 1.165) is 15.2 Å². The molecule has 0 bridgehead atoms. The highest BCUT2D eigenvalue weighted by molar-refractivity contribution is 7.89. The standard InChI is InChI=1S/C17H17N3O3S/c1-20(2)24(22,23)14-9-7-13(8-10-14)18-16-11-12-5-3-4-6-15(12)19-17(16)21/h3-11,18H,1-2H3,(H,19,21). The Morgan fingerprint density at radius 1 is 1.00 bits per heavy atom. The molecule has 0 aliphatic carbocycles. The number of nitrogens with one attached hydrogen (secondary N) is 2. The highest BCUT2D eigenvalue weighted by atomic mass is 32.2. The number of sulfonamides is 1. The molecule has 6 nitrogen and oxygen atoms in total. The van der Waals surface area contributed by atoms with Crippen molar-refractivity contribution in [2.45, 2.75) is 4.90 Å². The van der Waals surface area contributed by atoms with Gasteiger partial charge in [-0.2, -0.15) is 0 Å². The summed E-state index contributed by atoms with van der Waals surface area (Å²) in [5, 5.41) is 3.93. The highest BCUT2D eigenvalue weighted by Gasteiger charge is 2.16. The smallest absolute Gasteiger partial charge is 0.272 e. The fraction of sp³-hybridized carbons (Fsp3) is 0.118. The Morgan fingerprint density at radius 3 is 2.33 bits per heavy atom. The van der Waals surface area contributed by atoms with Gasteiger partial charge in [0.25, 0.3) is 5.56 Å². The summed E-state index contributed by atoms with van der Waals surface area (Å²) in [6.45, 7) is 0. The van der Waals surface area contributed by atoms with Gasteiger partial charge in [0.05, 0.1) is 4.90 Å². The molecule has 1 aromatic heterocycles. The molecule has 1 heterocycles. The van der Waals surface area contributed by atoms with Crippen molar-refractivity contribution in [3.8, 4) is 0 Å². The predicted octanol–water partition coefficient (Wildman–Crippen LogP) is 2.52. The number of rotatable bonds is 4. The number of H-pyrrole nitrogens is 1. The van der Waals surface area contributed by atoms with Crippen LogP contribution < -0.4 is 10.9 Å². The van der Waals surface area contributed by atoms with Crippen LogP contribution in [0, 0.1) is 0 Å². The van der Waals surface area contributed by atoms with E-state index in [0.29, 0.717) is 11.4 Å².